The van der Waals surface area contributed by atoms with Gasteiger partial charge in [-0.2, -0.15) is 8.78 Å². The highest BCUT2D eigenvalue weighted by molar-refractivity contribution is 6.21. The molecule has 1 aromatic rings. The Balaban J connectivity index is 2.53. The van der Waals surface area contributed by atoms with Gasteiger partial charge >= 0.3 is 6.61 Å². The Hall–Kier alpha value is -1.36. The third-order valence-corrected chi connectivity index (χ3v) is 3.18. The normalized spacial score (nSPS) is 12.6. The minimum absolute atomic E-state index is 0.0175. The van der Waals surface area contributed by atoms with Crippen molar-refractivity contribution in [3.05, 3.63) is 29.8 Å². The van der Waals surface area contributed by atoms with Crippen LogP contribution < -0.4 is 10.1 Å². The molecule has 1 rings (SSSR count). The molecule has 0 aliphatic heterocycles. The van der Waals surface area contributed by atoms with E-state index in [-0.39, 0.29) is 23.0 Å². The van der Waals surface area contributed by atoms with Crippen LogP contribution in [0, 0.1) is 5.92 Å². The van der Waals surface area contributed by atoms with E-state index >= 15 is 0 Å². The van der Waals surface area contributed by atoms with E-state index in [2.05, 4.69) is 10.1 Å². The van der Waals surface area contributed by atoms with Crippen LogP contribution in [0.25, 0.3) is 0 Å². The van der Waals surface area contributed by atoms with Crippen molar-refractivity contribution in [3.63, 3.8) is 0 Å². The maximum Gasteiger partial charge on any atom is 0.387 e. The standard InChI is InChI=1S/C13H16ClF2NO2/c1-8(2)11(14)7-17-12(18)9-3-5-10(6-4-9)19-13(15)16/h3-6,8,11,13H,7H2,1-2H3,(H,17,18). The van der Waals surface area contributed by atoms with E-state index < -0.39 is 6.61 Å². The highest BCUT2D eigenvalue weighted by Crippen LogP contribution is 2.15. The quantitative estimate of drug-likeness (QED) is 0.817. The first kappa shape index (κ1) is 15.7. The van der Waals surface area contributed by atoms with Gasteiger partial charge in [0.2, 0.25) is 0 Å². The average Bonchev–Trinajstić information content (AvgIpc) is 2.35. The summed E-state index contributed by atoms with van der Waals surface area (Å²) in [6.07, 6.45) is 0. The lowest BCUT2D eigenvalue weighted by Crippen LogP contribution is -2.31. The first-order valence-corrected chi connectivity index (χ1v) is 6.31. The Morgan fingerprint density at radius 3 is 2.37 bits per heavy atom. The van der Waals surface area contributed by atoms with Gasteiger partial charge in [0, 0.05) is 12.1 Å². The van der Waals surface area contributed by atoms with Crippen molar-refractivity contribution < 1.29 is 18.3 Å². The summed E-state index contributed by atoms with van der Waals surface area (Å²) in [5.41, 5.74) is 0.370. The number of amides is 1. The van der Waals surface area contributed by atoms with E-state index in [1.54, 1.807) is 0 Å². The molecule has 1 unspecified atom stereocenters. The summed E-state index contributed by atoms with van der Waals surface area (Å²) < 4.78 is 28.1. The zero-order valence-corrected chi connectivity index (χ0v) is 11.5. The van der Waals surface area contributed by atoms with Gasteiger partial charge in [0.25, 0.3) is 5.91 Å². The molecule has 0 saturated heterocycles. The highest BCUT2D eigenvalue weighted by atomic mass is 35.5. The summed E-state index contributed by atoms with van der Waals surface area (Å²) in [7, 11) is 0. The van der Waals surface area contributed by atoms with E-state index in [4.69, 9.17) is 11.6 Å². The van der Waals surface area contributed by atoms with Gasteiger partial charge in [-0.1, -0.05) is 13.8 Å². The number of halogens is 3. The number of benzene rings is 1. The van der Waals surface area contributed by atoms with Crippen LogP contribution in [-0.4, -0.2) is 24.4 Å². The van der Waals surface area contributed by atoms with Gasteiger partial charge < -0.3 is 10.1 Å². The zero-order chi connectivity index (χ0) is 14.4. The molecule has 0 aliphatic carbocycles. The molecule has 0 heterocycles. The molecule has 0 aromatic heterocycles. The van der Waals surface area contributed by atoms with Crippen molar-refractivity contribution in [1.29, 1.82) is 0 Å². The number of nitrogens with one attached hydrogen (secondary N) is 1. The van der Waals surface area contributed by atoms with Crippen molar-refractivity contribution in [2.45, 2.75) is 25.8 Å². The lowest BCUT2D eigenvalue weighted by atomic mass is 10.1. The van der Waals surface area contributed by atoms with Crippen LogP contribution in [-0.2, 0) is 0 Å². The van der Waals surface area contributed by atoms with E-state index in [0.717, 1.165) is 0 Å². The SMILES string of the molecule is CC(C)C(Cl)CNC(=O)c1ccc(OC(F)F)cc1. The van der Waals surface area contributed by atoms with Crippen LogP contribution in [0.4, 0.5) is 8.78 Å². The van der Waals surface area contributed by atoms with Crippen LogP contribution in [0.1, 0.15) is 24.2 Å². The second kappa shape index (κ2) is 7.28. The number of ether oxygens (including phenoxy) is 1. The second-order valence-corrected chi connectivity index (χ2v) is 4.93. The first-order chi connectivity index (χ1) is 8.90. The summed E-state index contributed by atoms with van der Waals surface area (Å²) in [5, 5.41) is 2.53. The molecular weight excluding hydrogens is 276 g/mol. The van der Waals surface area contributed by atoms with Crippen LogP contribution in [0.5, 0.6) is 5.75 Å². The van der Waals surface area contributed by atoms with E-state index in [0.29, 0.717) is 12.1 Å². The fourth-order valence-electron chi connectivity index (χ4n) is 1.32. The Kier molecular flexibility index (Phi) is 6.02. The topological polar surface area (TPSA) is 38.3 Å². The third-order valence-electron chi connectivity index (χ3n) is 2.52. The monoisotopic (exact) mass is 291 g/mol. The maximum atomic E-state index is 11.9. The molecule has 0 aliphatic rings. The zero-order valence-electron chi connectivity index (χ0n) is 10.7. The number of carbonyl (C=O) groups excluding carboxylic acids is 1. The van der Waals surface area contributed by atoms with Gasteiger partial charge in [0.05, 0.1) is 5.38 Å². The van der Waals surface area contributed by atoms with Crippen LogP contribution in [0.3, 0.4) is 0 Å². The van der Waals surface area contributed by atoms with Gasteiger partial charge in [-0.15, -0.1) is 11.6 Å². The molecule has 0 saturated carbocycles. The lowest BCUT2D eigenvalue weighted by Gasteiger charge is -2.14. The number of rotatable bonds is 6. The molecule has 3 nitrogen and oxygen atoms in total. The average molecular weight is 292 g/mol. The van der Waals surface area contributed by atoms with Gasteiger partial charge in [0.15, 0.2) is 0 Å². The van der Waals surface area contributed by atoms with Gasteiger partial charge in [-0.25, -0.2) is 0 Å². The van der Waals surface area contributed by atoms with E-state index in [9.17, 15) is 13.6 Å². The van der Waals surface area contributed by atoms with E-state index in [1.807, 2.05) is 13.8 Å². The summed E-state index contributed by atoms with van der Waals surface area (Å²) in [4.78, 5) is 11.7. The Bertz CT molecular complexity index is 410. The van der Waals surface area contributed by atoms with Crippen molar-refractivity contribution >= 4 is 17.5 Å². The van der Waals surface area contributed by atoms with Crippen LogP contribution in [0.15, 0.2) is 24.3 Å². The molecule has 1 atom stereocenters. The number of carbonyl (C=O) groups is 1. The summed E-state index contributed by atoms with van der Waals surface area (Å²) in [5.74, 6) is -0.0253. The number of alkyl halides is 3. The predicted molar refractivity (Wildman–Crippen MR) is 69.9 cm³/mol. The van der Waals surface area contributed by atoms with Crippen molar-refractivity contribution in [2.24, 2.45) is 5.92 Å². The molecule has 1 amide bonds. The van der Waals surface area contributed by atoms with Gasteiger partial charge in [-0.05, 0) is 30.2 Å². The summed E-state index contributed by atoms with van der Waals surface area (Å²) >= 11 is 6.01. The third kappa shape index (κ3) is 5.42. The predicted octanol–water partition coefficient (Wildman–Crippen LogP) is 3.28. The Labute approximate surface area is 115 Å². The minimum Gasteiger partial charge on any atom is -0.435 e. The largest absolute Gasteiger partial charge is 0.435 e. The lowest BCUT2D eigenvalue weighted by molar-refractivity contribution is -0.0498. The first-order valence-electron chi connectivity index (χ1n) is 5.87. The fourth-order valence-corrected chi connectivity index (χ4v) is 1.39. The molecule has 0 fully saturated rings. The van der Waals surface area contributed by atoms with Crippen LogP contribution >= 0.6 is 11.6 Å². The number of hydrogen-bond acceptors (Lipinski definition) is 2. The van der Waals surface area contributed by atoms with Crippen molar-refractivity contribution in [2.75, 3.05) is 6.54 Å². The van der Waals surface area contributed by atoms with Gasteiger partial charge in [-0.3, -0.25) is 4.79 Å². The minimum atomic E-state index is -2.87. The molecule has 0 bridgehead atoms. The maximum absolute atomic E-state index is 11.9. The molecular formula is C13H16ClF2NO2. The molecule has 1 aromatic carbocycles. The Morgan fingerprint density at radius 1 is 1.32 bits per heavy atom. The second-order valence-electron chi connectivity index (χ2n) is 4.37. The van der Waals surface area contributed by atoms with E-state index in [1.165, 1.54) is 24.3 Å². The summed E-state index contributed by atoms with van der Waals surface area (Å²) in [6, 6.07) is 5.49. The highest BCUT2D eigenvalue weighted by Gasteiger charge is 2.12. The Morgan fingerprint density at radius 2 is 1.89 bits per heavy atom. The molecule has 0 spiro atoms. The molecule has 106 valence electrons. The smallest absolute Gasteiger partial charge is 0.387 e. The molecule has 1 N–H and O–H groups in total. The van der Waals surface area contributed by atoms with Crippen molar-refractivity contribution in [1.82, 2.24) is 5.32 Å². The van der Waals surface area contributed by atoms with Crippen molar-refractivity contribution in [3.8, 4) is 5.75 Å². The van der Waals surface area contributed by atoms with Gasteiger partial charge in [0.1, 0.15) is 5.75 Å². The fraction of sp³-hybridized carbons (Fsp3) is 0.462. The summed E-state index contributed by atoms with van der Waals surface area (Å²) in [6.45, 7) is 1.40. The molecule has 6 heteroatoms. The number of hydrogen-bond donors (Lipinski definition) is 1. The molecule has 19 heavy (non-hydrogen) atoms. The molecule has 0 radical (unpaired) electrons. The van der Waals surface area contributed by atoms with Crippen LogP contribution in [0.2, 0.25) is 0 Å².